The van der Waals surface area contributed by atoms with Crippen molar-refractivity contribution in [3.05, 3.63) is 89.8 Å². The van der Waals surface area contributed by atoms with Crippen molar-refractivity contribution in [3.8, 4) is 0 Å². The summed E-state index contributed by atoms with van der Waals surface area (Å²) >= 11 is 0. The molecule has 0 radical (unpaired) electrons. The first kappa shape index (κ1) is 19.6. The lowest BCUT2D eigenvalue weighted by Crippen LogP contribution is -2.35. The van der Waals surface area contributed by atoms with Gasteiger partial charge >= 0.3 is 6.03 Å². The Kier molecular flexibility index (Phi) is 7.14. The first-order chi connectivity index (χ1) is 13.7. The van der Waals surface area contributed by atoms with Crippen LogP contribution in [0.1, 0.15) is 23.4 Å². The van der Waals surface area contributed by atoms with Gasteiger partial charge in [0.25, 0.3) is 0 Å². The highest BCUT2D eigenvalue weighted by atomic mass is 19.1. The normalized spacial score (nSPS) is 10.6. The van der Waals surface area contributed by atoms with E-state index in [0.717, 1.165) is 30.8 Å². The maximum atomic E-state index is 12.8. The van der Waals surface area contributed by atoms with Crippen molar-refractivity contribution in [1.82, 2.24) is 20.3 Å². The van der Waals surface area contributed by atoms with E-state index in [-0.39, 0.29) is 12.4 Å². The molecule has 28 heavy (non-hydrogen) atoms. The highest BCUT2D eigenvalue weighted by Crippen LogP contribution is 2.06. The number of hydroxylamine groups is 1. The molecule has 3 rings (SSSR count). The van der Waals surface area contributed by atoms with Crippen LogP contribution < -0.4 is 10.8 Å². The molecular formula is C21H23FN4O2. The number of carbonyl (C=O) groups excluding carboxylic acids is 1. The van der Waals surface area contributed by atoms with Crippen molar-refractivity contribution in [2.75, 3.05) is 0 Å². The number of benzene rings is 2. The van der Waals surface area contributed by atoms with Crippen LogP contribution >= 0.6 is 0 Å². The number of rotatable bonds is 9. The zero-order valence-corrected chi connectivity index (χ0v) is 15.5. The zero-order valence-electron chi connectivity index (χ0n) is 15.5. The lowest BCUT2D eigenvalue weighted by molar-refractivity contribution is 0.0488. The topological polar surface area (TPSA) is 68.2 Å². The summed E-state index contributed by atoms with van der Waals surface area (Å²) in [6.45, 7) is 1.28. The van der Waals surface area contributed by atoms with Gasteiger partial charge < -0.3 is 9.88 Å². The molecule has 7 heteroatoms. The maximum Gasteiger partial charge on any atom is 0.339 e. The Hall–Kier alpha value is -3.19. The second-order valence-corrected chi connectivity index (χ2v) is 6.33. The first-order valence-electron chi connectivity index (χ1n) is 9.15. The quantitative estimate of drug-likeness (QED) is 0.556. The SMILES string of the molecule is O=C(NCc1nccn1CCCc1ccccc1)NOCc1ccc(F)cc1. The minimum Gasteiger partial charge on any atom is -0.333 e. The summed E-state index contributed by atoms with van der Waals surface area (Å²) in [7, 11) is 0. The minimum absolute atomic E-state index is 0.155. The molecule has 6 nitrogen and oxygen atoms in total. The van der Waals surface area contributed by atoms with Gasteiger partial charge in [-0.15, -0.1) is 0 Å². The van der Waals surface area contributed by atoms with Crippen LogP contribution in [-0.4, -0.2) is 15.6 Å². The van der Waals surface area contributed by atoms with E-state index in [1.807, 2.05) is 29.0 Å². The maximum absolute atomic E-state index is 12.8. The lowest BCUT2D eigenvalue weighted by Gasteiger charge is -2.10. The molecule has 0 aliphatic carbocycles. The Morgan fingerprint density at radius 3 is 2.64 bits per heavy atom. The summed E-state index contributed by atoms with van der Waals surface area (Å²) in [5.74, 6) is 0.468. The zero-order chi connectivity index (χ0) is 19.6. The van der Waals surface area contributed by atoms with Gasteiger partial charge in [0.2, 0.25) is 0 Å². The molecule has 0 unspecified atom stereocenters. The van der Waals surface area contributed by atoms with E-state index in [1.165, 1.54) is 17.7 Å². The molecule has 0 saturated carbocycles. The number of imidazole rings is 1. The minimum atomic E-state index is -0.457. The lowest BCUT2D eigenvalue weighted by atomic mass is 10.1. The van der Waals surface area contributed by atoms with Crippen molar-refractivity contribution < 1.29 is 14.0 Å². The third-order valence-electron chi connectivity index (χ3n) is 4.23. The van der Waals surface area contributed by atoms with E-state index in [1.54, 1.807) is 18.3 Å². The van der Waals surface area contributed by atoms with Crippen LogP contribution in [0.2, 0.25) is 0 Å². The molecule has 2 N–H and O–H groups in total. The average molecular weight is 382 g/mol. The second-order valence-electron chi connectivity index (χ2n) is 6.33. The van der Waals surface area contributed by atoms with Crippen LogP contribution in [0, 0.1) is 5.82 Å². The van der Waals surface area contributed by atoms with Crippen molar-refractivity contribution in [2.45, 2.75) is 32.5 Å². The fourth-order valence-corrected chi connectivity index (χ4v) is 2.77. The summed E-state index contributed by atoms with van der Waals surface area (Å²) in [4.78, 5) is 21.3. The van der Waals surface area contributed by atoms with E-state index in [4.69, 9.17) is 4.84 Å². The van der Waals surface area contributed by atoms with E-state index in [9.17, 15) is 9.18 Å². The largest absolute Gasteiger partial charge is 0.339 e. The van der Waals surface area contributed by atoms with Crippen molar-refractivity contribution >= 4 is 6.03 Å². The van der Waals surface area contributed by atoms with Gasteiger partial charge in [0, 0.05) is 18.9 Å². The average Bonchev–Trinajstić information content (AvgIpc) is 3.16. The molecule has 0 fully saturated rings. The monoisotopic (exact) mass is 382 g/mol. The van der Waals surface area contributed by atoms with E-state index in [0.29, 0.717) is 6.54 Å². The molecule has 2 aromatic carbocycles. The fraction of sp³-hybridized carbons (Fsp3) is 0.238. The van der Waals surface area contributed by atoms with E-state index in [2.05, 4.69) is 27.9 Å². The summed E-state index contributed by atoms with van der Waals surface area (Å²) in [5.41, 5.74) is 4.38. The van der Waals surface area contributed by atoms with Crippen LogP contribution in [0.3, 0.4) is 0 Å². The molecule has 146 valence electrons. The molecule has 0 aliphatic rings. The Morgan fingerprint density at radius 1 is 1.07 bits per heavy atom. The molecule has 0 atom stereocenters. The van der Waals surface area contributed by atoms with Crippen LogP contribution in [0.25, 0.3) is 0 Å². The first-order valence-corrected chi connectivity index (χ1v) is 9.15. The Bertz CT molecular complexity index is 866. The smallest absolute Gasteiger partial charge is 0.333 e. The molecule has 3 aromatic rings. The van der Waals surface area contributed by atoms with Gasteiger partial charge in [-0.2, -0.15) is 0 Å². The van der Waals surface area contributed by atoms with Gasteiger partial charge in [0.15, 0.2) is 0 Å². The molecule has 0 saturated heterocycles. The summed E-state index contributed by atoms with van der Waals surface area (Å²) in [6, 6.07) is 15.8. The van der Waals surface area contributed by atoms with Gasteiger partial charge in [-0.3, -0.25) is 4.84 Å². The summed E-state index contributed by atoms with van der Waals surface area (Å²) in [6.07, 6.45) is 5.61. The van der Waals surface area contributed by atoms with Crippen molar-refractivity contribution in [2.24, 2.45) is 0 Å². The predicted octanol–water partition coefficient (Wildman–Crippen LogP) is 3.59. The van der Waals surface area contributed by atoms with E-state index >= 15 is 0 Å². The molecule has 2 amide bonds. The number of aryl methyl sites for hydroxylation is 2. The molecule has 1 heterocycles. The molecule has 0 aliphatic heterocycles. The summed E-state index contributed by atoms with van der Waals surface area (Å²) in [5, 5.41) is 2.71. The number of amides is 2. The molecule has 0 spiro atoms. The number of nitrogens with one attached hydrogen (secondary N) is 2. The fourth-order valence-electron chi connectivity index (χ4n) is 2.77. The molecular weight excluding hydrogens is 359 g/mol. The van der Waals surface area contributed by atoms with Crippen molar-refractivity contribution in [1.29, 1.82) is 0 Å². The van der Waals surface area contributed by atoms with Crippen LogP contribution in [0.4, 0.5) is 9.18 Å². The highest BCUT2D eigenvalue weighted by molar-refractivity contribution is 5.72. The van der Waals surface area contributed by atoms with Crippen LogP contribution in [0.15, 0.2) is 67.0 Å². The van der Waals surface area contributed by atoms with Gasteiger partial charge in [-0.1, -0.05) is 42.5 Å². The number of urea groups is 1. The Balaban J connectivity index is 1.36. The standard InChI is InChI=1S/C21H23FN4O2/c22-19-10-8-18(9-11-19)16-28-25-21(27)24-15-20-23-12-14-26(20)13-4-7-17-5-2-1-3-6-17/h1-3,5-6,8-12,14H,4,7,13,15-16H2,(H2,24,25,27). The van der Waals surface area contributed by atoms with Gasteiger partial charge in [0.05, 0.1) is 13.2 Å². The number of carbonyl (C=O) groups is 1. The molecule has 1 aromatic heterocycles. The summed E-state index contributed by atoms with van der Waals surface area (Å²) < 4.78 is 14.9. The van der Waals surface area contributed by atoms with Crippen molar-refractivity contribution in [3.63, 3.8) is 0 Å². The third-order valence-corrected chi connectivity index (χ3v) is 4.23. The van der Waals surface area contributed by atoms with Gasteiger partial charge in [0.1, 0.15) is 11.6 Å². The Labute approximate surface area is 163 Å². The number of aromatic nitrogens is 2. The highest BCUT2D eigenvalue weighted by Gasteiger charge is 2.06. The number of halogens is 1. The van der Waals surface area contributed by atoms with Gasteiger partial charge in [-0.05, 0) is 36.1 Å². The number of nitrogens with zero attached hydrogens (tertiary/aromatic N) is 2. The second kappa shape index (κ2) is 10.2. The van der Waals surface area contributed by atoms with Gasteiger partial charge in [-0.25, -0.2) is 19.6 Å². The third kappa shape index (κ3) is 6.21. The number of hydrogen-bond acceptors (Lipinski definition) is 3. The Morgan fingerprint density at radius 2 is 1.86 bits per heavy atom. The molecule has 0 bridgehead atoms. The van der Waals surface area contributed by atoms with Crippen LogP contribution in [-0.2, 0) is 31.0 Å². The number of hydrogen-bond donors (Lipinski definition) is 2. The van der Waals surface area contributed by atoms with Crippen LogP contribution in [0.5, 0.6) is 0 Å². The predicted molar refractivity (Wildman–Crippen MR) is 104 cm³/mol. The van der Waals surface area contributed by atoms with E-state index < -0.39 is 6.03 Å².